The first kappa shape index (κ1) is 14.8. The number of nitrogens with zero attached hydrogens (tertiary/aromatic N) is 1. The van der Waals surface area contributed by atoms with E-state index >= 15 is 0 Å². The molecular formula is C14H15F4NO. The van der Waals surface area contributed by atoms with Gasteiger partial charge in [-0.05, 0) is 38.0 Å². The van der Waals surface area contributed by atoms with Crippen molar-refractivity contribution in [1.29, 1.82) is 0 Å². The molecule has 1 saturated heterocycles. The fourth-order valence-electron chi connectivity index (χ4n) is 2.39. The normalized spacial score (nSPS) is 20.4. The summed E-state index contributed by atoms with van der Waals surface area (Å²) in [5.74, 6) is -0.857. The Labute approximate surface area is 114 Å². The summed E-state index contributed by atoms with van der Waals surface area (Å²) in [6.07, 6.45) is -2.60. The highest BCUT2D eigenvalue weighted by Crippen LogP contribution is 2.31. The van der Waals surface area contributed by atoms with E-state index in [1.807, 2.05) is 6.92 Å². The molecule has 0 aromatic heterocycles. The lowest BCUT2D eigenvalue weighted by Gasteiger charge is -2.33. The Hall–Kier alpha value is -1.59. The third-order valence-corrected chi connectivity index (χ3v) is 3.58. The van der Waals surface area contributed by atoms with Crippen molar-refractivity contribution in [3.05, 3.63) is 35.1 Å². The zero-order chi connectivity index (χ0) is 14.9. The largest absolute Gasteiger partial charge is 0.416 e. The zero-order valence-electron chi connectivity index (χ0n) is 11.0. The summed E-state index contributed by atoms with van der Waals surface area (Å²) in [6, 6.07) is 2.21. The number of piperidine rings is 1. The molecule has 1 aliphatic rings. The molecule has 2 nitrogen and oxygen atoms in total. The van der Waals surface area contributed by atoms with Gasteiger partial charge in [0.05, 0.1) is 5.56 Å². The Bertz CT molecular complexity index is 512. The van der Waals surface area contributed by atoms with Gasteiger partial charge in [0.1, 0.15) is 5.82 Å². The average molecular weight is 289 g/mol. The van der Waals surface area contributed by atoms with E-state index in [0.717, 1.165) is 25.0 Å². The van der Waals surface area contributed by atoms with Crippen molar-refractivity contribution in [3.8, 4) is 0 Å². The number of halogens is 4. The molecule has 1 aliphatic heterocycles. The minimum absolute atomic E-state index is 0.0785. The van der Waals surface area contributed by atoms with Crippen LogP contribution in [0.15, 0.2) is 18.2 Å². The van der Waals surface area contributed by atoms with Crippen LogP contribution in [0, 0.1) is 5.82 Å². The lowest BCUT2D eigenvalue weighted by Crippen LogP contribution is -2.41. The van der Waals surface area contributed by atoms with Crippen molar-refractivity contribution < 1.29 is 22.4 Å². The van der Waals surface area contributed by atoms with Crippen LogP contribution in [0.3, 0.4) is 0 Å². The maximum Gasteiger partial charge on any atom is 0.416 e. The third-order valence-electron chi connectivity index (χ3n) is 3.58. The molecule has 1 aromatic rings. The first-order valence-electron chi connectivity index (χ1n) is 6.44. The van der Waals surface area contributed by atoms with Crippen molar-refractivity contribution in [2.75, 3.05) is 0 Å². The molecule has 1 amide bonds. The molecule has 20 heavy (non-hydrogen) atoms. The van der Waals surface area contributed by atoms with Gasteiger partial charge in [0, 0.05) is 24.6 Å². The number of carbonyl (C=O) groups is 1. The van der Waals surface area contributed by atoms with Gasteiger partial charge in [0.2, 0.25) is 5.91 Å². The second kappa shape index (κ2) is 5.42. The van der Waals surface area contributed by atoms with Crippen molar-refractivity contribution >= 4 is 5.91 Å². The lowest BCUT2D eigenvalue weighted by atomic mass is 10.0. The molecule has 110 valence electrons. The van der Waals surface area contributed by atoms with Gasteiger partial charge in [-0.2, -0.15) is 13.2 Å². The number of benzene rings is 1. The number of alkyl halides is 3. The number of hydrogen-bond acceptors (Lipinski definition) is 1. The van der Waals surface area contributed by atoms with Gasteiger partial charge in [-0.1, -0.05) is 0 Å². The maximum absolute atomic E-state index is 13.7. The molecule has 1 aromatic carbocycles. The van der Waals surface area contributed by atoms with Gasteiger partial charge in [0.25, 0.3) is 0 Å². The molecule has 1 fully saturated rings. The number of carbonyl (C=O) groups excluding carboxylic acids is 1. The first-order valence-corrected chi connectivity index (χ1v) is 6.44. The minimum Gasteiger partial charge on any atom is -0.336 e. The van der Waals surface area contributed by atoms with Crippen molar-refractivity contribution in [2.45, 2.75) is 44.9 Å². The number of rotatable bonds is 2. The SMILES string of the molecule is C[C@@H]1CCCC(=O)N1Cc1cc(C(F)(F)F)ccc1F. The Balaban J connectivity index is 2.26. The summed E-state index contributed by atoms with van der Waals surface area (Å²) in [5.41, 5.74) is -0.993. The highest BCUT2D eigenvalue weighted by atomic mass is 19.4. The molecular weight excluding hydrogens is 274 g/mol. The molecule has 0 saturated carbocycles. The molecule has 6 heteroatoms. The highest BCUT2D eigenvalue weighted by Gasteiger charge is 2.32. The number of hydrogen-bond donors (Lipinski definition) is 0. The Morgan fingerprint density at radius 3 is 2.65 bits per heavy atom. The second-order valence-electron chi connectivity index (χ2n) is 5.07. The van der Waals surface area contributed by atoms with Crippen LogP contribution in [0.5, 0.6) is 0 Å². The number of amides is 1. The minimum atomic E-state index is -4.51. The van der Waals surface area contributed by atoms with Gasteiger partial charge >= 0.3 is 6.18 Å². The van der Waals surface area contributed by atoms with Crippen LogP contribution in [0.4, 0.5) is 17.6 Å². The third kappa shape index (κ3) is 3.11. The Morgan fingerprint density at radius 1 is 1.35 bits per heavy atom. The molecule has 0 radical (unpaired) electrons. The number of likely N-dealkylation sites (tertiary alicyclic amines) is 1. The highest BCUT2D eigenvalue weighted by molar-refractivity contribution is 5.77. The van der Waals surface area contributed by atoms with Crippen molar-refractivity contribution in [2.24, 2.45) is 0 Å². The van der Waals surface area contributed by atoms with E-state index < -0.39 is 17.6 Å². The van der Waals surface area contributed by atoms with Gasteiger partial charge in [-0.25, -0.2) is 4.39 Å². The molecule has 0 bridgehead atoms. The van der Waals surface area contributed by atoms with Crippen LogP contribution in [0.1, 0.15) is 37.3 Å². The van der Waals surface area contributed by atoms with Gasteiger partial charge in [0.15, 0.2) is 0 Å². The summed E-state index contributed by atoms with van der Waals surface area (Å²) in [7, 11) is 0. The second-order valence-corrected chi connectivity index (χ2v) is 5.07. The van der Waals surface area contributed by atoms with Crippen LogP contribution in [-0.4, -0.2) is 16.8 Å². The monoisotopic (exact) mass is 289 g/mol. The quantitative estimate of drug-likeness (QED) is 0.759. The van der Waals surface area contributed by atoms with Gasteiger partial charge in [-0.15, -0.1) is 0 Å². The summed E-state index contributed by atoms with van der Waals surface area (Å²) in [5, 5.41) is 0. The summed E-state index contributed by atoms with van der Waals surface area (Å²) >= 11 is 0. The summed E-state index contributed by atoms with van der Waals surface area (Å²) in [4.78, 5) is 13.2. The fraction of sp³-hybridized carbons (Fsp3) is 0.500. The molecule has 0 aliphatic carbocycles. The van der Waals surface area contributed by atoms with Gasteiger partial charge in [-0.3, -0.25) is 4.79 Å². The molecule has 1 atom stereocenters. The van der Waals surface area contributed by atoms with Crippen LogP contribution in [-0.2, 0) is 17.5 Å². The predicted octanol–water partition coefficient (Wildman–Crippen LogP) is 3.75. The molecule has 0 spiro atoms. The Kier molecular flexibility index (Phi) is 4.01. The van der Waals surface area contributed by atoms with Crippen LogP contribution < -0.4 is 0 Å². The molecule has 0 unspecified atom stereocenters. The summed E-state index contributed by atoms with van der Waals surface area (Å²) < 4.78 is 51.5. The molecule has 0 N–H and O–H groups in total. The van der Waals surface area contributed by atoms with Gasteiger partial charge < -0.3 is 4.90 Å². The Morgan fingerprint density at radius 2 is 2.05 bits per heavy atom. The van der Waals surface area contributed by atoms with E-state index in [4.69, 9.17) is 0 Å². The van der Waals surface area contributed by atoms with E-state index in [9.17, 15) is 22.4 Å². The van der Waals surface area contributed by atoms with Crippen LogP contribution in [0.2, 0.25) is 0 Å². The molecule has 1 heterocycles. The first-order chi connectivity index (χ1) is 9.29. The van der Waals surface area contributed by atoms with Crippen LogP contribution in [0.25, 0.3) is 0 Å². The summed E-state index contributed by atoms with van der Waals surface area (Å²) in [6.45, 7) is 1.71. The smallest absolute Gasteiger partial charge is 0.336 e. The predicted molar refractivity (Wildman–Crippen MR) is 65.3 cm³/mol. The van der Waals surface area contributed by atoms with Crippen LogP contribution >= 0.6 is 0 Å². The average Bonchev–Trinajstić information content (AvgIpc) is 2.34. The van der Waals surface area contributed by atoms with Crippen molar-refractivity contribution in [3.63, 3.8) is 0 Å². The van der Waals surface area contributed by atoms with E-state index in [1.54, 1.807) is 0 Å². The van der Waals surface area contributed by atoms with E-state index in [0.29, 0.717) is 12.5 Å². The molecule has 2 rings (SSSR count). The standard InChI is InChI=1S/C14H15F4NO/c1-9-3-2-4-13(20)19(9)8-10-7-11(14(16,17)18)5-6-12(10)15/h5-7,9H,2-4,8H2,1H3/t9-/m1/s1. The van der Waals surface area contributed by atoms with E-state index in [2.05, 4.69) is 0 Å². The topological polar surface area (TPSA) is 20.3 Å². The van der Waals surface area contributed by atoms with E-state index in [1.165, 1.54) is 4.90 Å². The maximum atomic E-state index is 13.7. The van der Waals surface area contributed by atoms with E-state index in [-0.39, 0.29) is 24.1 Å². The lowest BCUT2D eigenvalue weighted by molar-refractivity contribution is -0.137. The van der Waals surface area contributed by atoms with Crippen molar-refractivity contribution in [1.82, 2.24) is 4.90 Å². The zero-order valence-corrected chi connectivity index (χ0v) is 11.0. The fourth-order valence-corrected chi connectivity index (χ4v) is 2.39.